The molecule has 2 rings (SSSR count). The second-order valence-corrected chi connectivity index (χ2v) is 5.07. The molecular weight excluding hydrogens is 297 g/mol. The van der Waals surface area contributed by atoms with Crippen LogP contribution in [-0.2, 0) is 0 Å². The van der Waals surface area contributed by atoms with E-state index in [9.17, 15) is 4.79 Å². The van der Waals surface area contributed by atoms with E-state index in [1.807, 2.05) is 6.92 Å². The highest BCUT2D eigenvalue weighted by Gasteiger charge is 2.10. The molecule has 0 saturated heterocycles. The van der Waals surface area contributed by atoms with Gasteiger partial charge in [0.15, 0.2) is 0 Å². The molecule has 2 aromatic rings. The van der Waals surface area contributed by atoms with Crippen LogP contribution in [0, 0.1) is 6.92 Å². The fourth-order valence-electron chi connectivity index (χ4n) is 1.65. The van der Waals surface area contributed by atoms with Crippen molar-refractivity contribution in [3.05, 3.63) is 57.6 Å². The lowest BCUT2D eigenvalue weighted by molar-refractivity contribution is 0.102. The Morgan fingerprint density at radius 1 is 1.10 bits per heavy atom. The Morgan fingerprint density at radius 2 is 1.75 bits per heavy atom. The third-order valence-electron chi connectivity index (χ3n) is 2.81. The molecule has 0 aromatic heterocycles. The van der Waals surface area contributed by atoms with Gasteiger partial charge in [0.05, 0.1) is 10.7 Å². The molecular formula is C14H13Cl2N3O. The highest BCUT2D eigenvalue weighted by molar-refractivity contribution is 6.36. The highest BCUT2D eigenvalue weighted by atomic mass is 35.5. The third-order valence-corrected chi connectivity index (χ3v) is 3.53. The fraction of sp³-hybridized carbons (Fsp3) is 0.0714. The number of anilines is 2. The lowest BCUT2D eigenvalue weighted by atomic mass is 10.1. The Labute approximate surface area is 126 Å². The lowest BCUT2D eigenvalue weighted by Crippen LogP contribution is -2.13. The maximum absolute atomic E-state index is 12.1. The van der Waals surface area contributed by atoms with E-state index in [1.54, 1.807) is 36.4 Å². The first-order chi connectivity index (χ1) is 9.51. The zero-order valence-corrected chi connectivity index (χ0v) is 12.2. The van der Waals surface area contributed by atoms with Crippen molar-refractivity contribution in [3.63, 3.8) is 0 Å². The quantitative estimate of drug-likeness (QED) is 0.596. The van der Waals surface area contributed by atoms with Crippen molar-refractivity contribution in [2.45, 2.75) is 6.92 Å². The Kier molecular flexibility index (Phi) is 4.49. The van der Waals surface area contributed by atoms with Gasteiger partial charge in [-0.3, -0.25) is 10.6 Å². The van der Waals surface area contributed by atoms with Gasteiger partial charge in [0.2, 0.25) is 0 Å². The molecule has 0 heterocycles. The van der Waals surface area contributed by atoms with E-state index in [2.05, 4.69) is 10.7 Å². The van der Waals surface area contributed by atoms with E-state index in [4.69, 9.17) is 29.0 Å². The van der Waals surface area contributed by atoms with Crippen LogP contribution in [0.4, 0.5) is 11.4 Å². The average molecular weight is 310 g/mol. The molecule has 0 aliphatic carbocycles. The topological polar surface area (TPSA) is 67.2 Å². The van der Waals surface area contributed by atoms with Gasteiger partial charge in [-0.05, 0) is 48.9 Å². The molecule has 0 aliphatic heterocycles. The summed E-state index contributed by atoms with van der Waals surface area (Å²) >= 11 is 12.1. The minimum absolute atomic E-state index is 0.268. The van der Waals surface area contributed by atoms with Gasteiger partial charge in [-0.15, -0.1) is 0 Å². The summed E-state index contributed by atoms with van der Waals surface area (Å²) in [5.41, 5.74) is 5.05. The largest absolute Gasteiger partial charge is 0.324 e. The van der Waals surface area contributed by atoms with Crippen molar-refractivity contribution in [1.29, 1.82) is 0 Å². The first-order valence-electron chi connectivity index (χ1n) is 5.85. The molecule has 0 bridgehead atoms. The number of amides is 1. The number of benzene rings is 2. The molecule has 4 N–H and O–H groups in total. The first kappa shape index (κ1) is 14.7. The number of rotatable bonds is 3. The average Bonchev–Trinajstić information content (AvgIpc) is 2.44. The predicted octanol–water partition coefficient (Wildman–Crippen LogP) is 3.84. The van der Waals surface area contributed by atoms with Gasteiger partial charge in [0.25, 0.3) is 5.91 Å². The number of aryl methyl sites for hydroxylation is 1. The fourth-order valence-corrected chi connectivity index (χ4v) is 2.08. The van der Waals surface area contributed by atoms with Crippen LogP contribution in [-0.4, -0.2) is 5.91 Å². The molecule has 0 atom stereocenters. The summed E-state index contributed by atoms with van der Waals surface area (Å²) in [7, 11) is 0. The Hall–Kier alpha value is -1.75. The van der Waals surface area contributed by atoms with Crippen molar-refractivity contribution < 1.29 is 4.79 Å². The molecule has 0 aliphatic rings. The number of hydrogen-bond acceptors (Lipinski definition) is 3. The van der Waals surface area contributed by atoms with Crippen molar-refractivity contribution in [2.75, 3.05) is 10.7 Å². The number of hydrazine groups is 1. The van der Waals surface area contributed by atoms with Crippen molar-refractivity contribution >= 4 is 40.5 Å². The standard InChI is InChI=1S/C14H13Cl2N3O/c1-8-6-12(16)13(7-11(8)15)18-14(20)9-2-4-10(19-17)5-3-9/h2-7,19H,17H2,1H3,(H,18,20). The normalized spacial score (nSPS) is 10.2. The van der Waals surface area contributed by atoms with E-state index >= 15 is 0 Å². The lowest BCUT2D eigenvalue weighted by Gasteiger charge is -2.09. The summed E-state index contributed by atoms with van der Waals surface area (Å²) in [4.78, 5) is 12.1. The van der Waals surface area contributed by atoms with Crippen LogP contribution >= 0.6 is 23.2 Å². The van der Waals surface area contributed by atoms with E-state index in [0.717, 1.165) is 11.3 Å². The maximum atomic E-state index is 12.1. The predicted molar refractivity (Wildman–Crippen MR) is 83.4 cm³/mol. The second kappa shape index (κ2) is 6.13. The van der Waals surface area contributed by atoms with Gasteiger partial charge < -0.3 is 10.7 Å². The van der Waals surface area contributed by atoms with Crippen LogP contribution < -0.4 is 16.6 Å². The Morgan fingerprint density at radius 3 is 2.35 bits per heavy atom. The Balaban J connectivity index is 2.20. The number of nitrogens with one attached hydrogen (secondary N) is 2. The van der Waals surface area contributed by atoms with E-state index in [-0.39, 0.29) is 5.91 Å². The summed E-state index contributed by atoms with van der Waals surface area (Å²) in [6, 6.07) is 10.1. The van der Waals surface area contributed by atoms with E-state index in [1.165, 1.54) is 0 Å². The highest BCUT2D eigenvalue weighted by Crippen LogP contribution is 2.29. The van der Waals surface area contributed by atoms with Gasteiger partial charge in [-0.1, -0.05) is 23.2 Å². The molecule has 2 aromatic carbocycles. The smallest absolute Gasteiger partial charge is 0.255 e. The summed E-state index contributed by atoms with van der Waals surface area (Å²) in [5.74, 6) is 5.00. The molecule has 6 heteroatoms. The number of nitrogens with two attached hydrogens (primary N) is 1. The van der Waals surface area contributed by atoms with Gasteiger partial charge in [0, 0.05) is 16.3 Å². The minimum Gasteiger partial charge on any atom is -0.324 e. The van der Waals surface area contributed by atoms with Crippen molar-refractivity contribution in [1.82, 2.24) is 0 Å². The van der Waals surface area contributed by atoms with Gasteiger partial charge >= 0.3 is 0 Å². The summed E-state index contributed by atoms with van der Waals surface area (Å²) in [6.45, 7) is 1.85. The second-order valence-electron chi connectivity index (χ2n) is 4.26. The van der Waals surface area contributed by atoms with Crippen LogP contribution in [0.3, 0.4) is 0 Å². The molecule has 104 valence electrons. The minimum atomic E-state index is -0.268. The van der Waals surface area contributed by atoms with Crippen LogP contribution in [0.1, 0.15) is 15.9 Å². The molecule has 0 saturated carbocycles. The number of nitrogen functional groups attached to an aromatic ring is 1. The van der Waals surface area contributed by atoms with Crippen molar-refractivity contribution in [2.24, 2.45) is 5.84 Å². The summed E-state index contributed by atoms with van der Waals surface area (Å²) < 4.78 is 0. The molecule has 4 nitrogen and oxygen atoms in total. The van der Waals surface area contributed by atoms with E-state index < -0.39 is 0 Å². The van der Waals surface area contributed by atoms with Gasteiger partial charge in [-0.2, -0.15) is 0 Å². The SMILES string of the molecule is Cc1cc(Cl)c(NC(=O)c2ccc(NN)cc2)cc1Cl. The zero-order valence-electron chi connectivity index (χ0n) is 10.7. The molecule has 0 radical (unpaired) electrons. The first-order valence-corrected chi connectivity index (χ1v) is 6.60. The number of carbonyl (C=O) groups is 1. The molecule has 0 fully saturated rings. The van der Waals surface area contributed by atoms with Gasteiger partial charge in [-0.25, -0.2) is 0 Å². The number of carbonyl (C=O) groups excluding carboxylic acids is 1. The zero-order chi connectivity index (χ0) is 14.7. The molecule has 0 unspecified atom stereocenters. The van der Waals surface area contributed by atoms with Crippen molar-refractivity contribution in [3.8, 4) is 0 Å². The summed E-state index contributed by atoms with van der Waals surface area (Å²) in [5, 5.41) is 3.72. The summed E-state index contributed by atoms with van der Waals surface area (Å²) in [6.07, 6.45) is 0. The number of halogens is 2. The van der Waals surface area contributed by atoms with E-state index in [0.29, 0.717) is 21.3 Å². The van der Waals surface area contributed by atoms with Crippen LogP contribution in [0.15, 0.2) is 36.4 Å². The third kappa shape index (κ3) is 3.22. The maximum Gasteiger partial charge on any atom is 0.255 e. The van der Waals surface area contributed by atoms with Crippen LogP contribution in [0.25, 0.3) is 0 Å². The van der Waals surface area contributed by atoms with Gasteiger partial charge in [0.1, 0.15) is 0 Å². The van der Waals surface area contributed by atoms with Crippen LogP contribution in [0.2, 0.25) is 10.0 Å². The Bertz CT molecular complexity index is 642. The molecule has 0 spiro atoms. The molecule has 20 heavy (non-hydrogen) atoms. The molecule has 1 amide bonds. The van der Waals surface area contributed by atoms with Crippen LogP contribution in [0.5, 0.6) is 0 Å². The number of hydrogen-bond donors (Lipinski definition) is 3. The monoisotopic (exact) mass is 309 g/mol.